The van der Waals surface area contributed by atoms with Crippen molar-refractivity contribution in [1.82, 2.24) is 4.98 Å². The van der Waals surface area contributed by atoms with Crippen molar-refractivity contribution in [2.24, 2.45) is 0 Å². The normalized spacial score (nSPS) is 26.5. The molecule has 0 saturated heterocycles. The summed E-state index contributed by atoms with van der Waals surface area (Å²) in [5.41, 5.74) is 1.33. The van der Waals surface area contributed by atoms with Crippen molar-refractivity contribution >= 4 is 11.8 Å². The van der Waals surface area contributed by atoms with Crippen molar-refractivity contribution < 1.29 is 5.11 Å². The molecule has 0 aromatic carbocycles. The Hall–Kier alpha value is -0.540. The quantitative estimate of drug-likeness (QED) is 0.783. The Morgan fingerprint density at radius 2 is 2.00 bits per heavy atom. The van der Waals surface area contributed by atoms with Gasteiger partial charge < -0.3 is 5.11 Å². The molecule has 2 rings (SSSR count). The summed E-state index contributed by atoms with van der Waals surface area (Å²) in [5, 5.41) is 10.5. The number of rotatable bonds is 2. The molecule has 0 radical (unpaired) electrons. The van der Waals surface area contributed by atoms with Gasteiger partial charge in [0.1, 0.15) is 0 Å². The predicted molar refractivity (Wildman–Crippen MR) is 63.2 cm³/mol. The third kappa shape index (κ3) is 2.73. The maximum Gasteiger partial charge on any atom is 0.0957 e. The maximum absolute atomic E-state index is 9.44. The Morgan fingerprint density at radius 1 is 1.27 bits per heavy atom. The summed E-state index contributed by atoms with van der Waals surface area (Å²) < 4.78 is 0. The Kier molecular flexibility index (Phi) is 3.65. The Morgan fingerprint density at radius 3 is 2.53 bits per heavy atom. The highest BCUT2D eigenvalue weighted by Gasteiger charge is 2.20. The third-order valence-corrected chi connectivity index (χ3v) is 3.80. The fourth-order valence-corrected chi connectivity index (χ4v) is 2.53. The number of aliphatic hydroxyl groups is 1. The van der Waals surface area contributed by atoms with Crippen molar-refractivity contribution in [3.8, 4) is 0 Å². The van der Waals surface area contributed by atoms with E-state index < -0.39 is 0 Å². The van der Waals surface area contributed by atoms with E-state index in [1.54, 1.807) is 11.8 Å². The zero-order valence-corrected chi connectivity index (χ0v) is 9.83. The Labute approximate surface area is 95.1 Å². The number of hydrogen-bond acceptors (Lipinski definition) is 3. The highest BCUT2D eigenvalue weighted by atomic mass is 32.2. The van der Waals surface area contributed by atoms with E-state index in [1.807, 2.05) is 12.5 Å². The van der Waals surface area contributed by atoms with Crippen LogP contribution in [0.15, 0.2) is 23.4 Å². The Bertz CT molecular complexity index is 304. The van der Waals surface area contributed by atoms with Crippen LogP contribution in [0.2, 0.25) is 0 Å². The fraction of sp³-hybridized carbons (Fsp3) is 0.583. The molecule has 1 saturated carbocycles. The van der Waals surface area contributed by atoms with Gasteiger partial charge in [-0.25, -0.2) is 4.98 Å². The highest BCUT2D eigenvalue weighted by Crippen LogP contribution is 2.32. The minimum absolute atomic E-state index is 0.0697. The topological polar surface area (TPSA) is 33.1 Å². The van der Waals surface area contributed by atoms with Gasteiger partial charge in [-0.15, -0.1) is 11.8 Å². The predicted octanol–water partition coefficient (Wildman–Crippen LogP) is 2.82. The molecule has 3 heteroatoms. The molecule has 0 spiro atoms. The van der Waals surface area contributed by atoms with Gasteiger partial charge >= 0.3 is 0 Å². The lowest BCUT2D eigenvalue weighted by Crippen LogP contribution is -2.17. The van der Waals surface area contributed by atoms with Crippen molar-refractivity contribution in [3.63, 3.8) is 0 Å². The summed E-state index contributed by atoms with van der Waals surface area (Å²) in [6.45, 7) is 0. The van der Waals surface area contributed by atoms with Crippen LogP contribution in [-0.4, -0.2) is 22.5 Å². The van der Waals surface area contributed by atoms with Crippen LogP contribution in [0, 0.1) is 0 Å². The van der Waals surface area contributed by atoms with Gasteiger partial charge in [0.25, 0.3) is 0 Å². The molecular weight excluding hydrogens is 206 g/mol. The lowest BCUT2D eigenvalue weighted by atomic mass is 9.83. The first-order valence-electron chi connectivity index (χ1n) is 5.47. The van der Waals surface area contributed by atoms with Gasteiger partial charge in [-0.2, -0.15) is 0 Å². The van der Waals surface area contributed by atoms with Gasteiger partial charge in [-0.05, 0) is 49.5 Å². The maximum atomic E-state index is 9.44. The molecular formula is C12H17NOS. The van der Waals surface area contributed by atoms with E-state index in [2.05, 4.69) is 17.1 Å². The van der Waals surface area contributed by atoms with E-state index in [1.165, 1.54) is 5.56 Å². The molecule has 1 aliphatic carbocycles. The molecule has 0 aliphatic heterocycles. The summed E-state index contributed by atoms with van der Waals surface area (Å²) in [7, 11) is 0. The van der Waals surface area contributed by atoms with Gasteiger partial charge in [-0.1, -0.05) is 6.07 Å². The molecule has 0 bridgehead atoms. The molecule has 0 amide bonds. The second-order valence-corrected chi connectivity index (χ2v) is 4.97. The van der Waals surface area contributed by atoms with Crippen molar-refractivity contribution in [1.29, 1.82) is 0 Å². The largest absolute Gasteiger partial charge is 0.393 e. The van der Waals surface area contributed by atoms with E-state index in [-0.39, 0.29) is 6.10 Å². The summed E-state index contributed by atoms with van der Waals surface area (Å²) in [6.07, 6.45) is 8.04. The first kappa shape index (κ1) is 11.0. The average molecular weight is 223 g/mol. The molecule has 0 atom stereocenters. The van der Waals surface area contributed by atoms with Gasteiger partial charge in [0.2, 0.25) is 0 Å². The fourth-order valence-electron chi connectivity index (χ4n) is 2.16. The van der Waals surface area contributed by atoms with Crippen LogP contribution in [0.25, 0.3) is 0 Å². The summed E-state index contributed by atoms with van der Waals surface area (Å²) in [4.78, 5) is 4.39. The lowest BCUT2D eigenvalue weighted by Gasteiger charge is -2.25. The molecule has 1 aromatic heterocycles. The van der Waals surface area contributed by atoms with Gasteiger partial charge in [0.05, 0.1) is 11.1 Å². The van der Waals surface area contributed by atoms with Crippen LogP contribution in [0.1, 0.15) is 37.2 Å². The Balaban J connectivity index is 2.03. The molecule has 82 valence electrons. The number of hydrogen-bond donors (Lipinski definition) is 1. The summed E-state index contributed by atoms with van der Waals surface area (Å²) >= 11 is 1.67. The molecule has 1 aliphatic rings. The SMILES string of the molecule is CSc1ccc(C2CCC(O)CC2)cn1. The molecule has 1 aromatic rings. The van der Waals surface area contributed by atoms with E-state index in [0.717, 1.165) is 30.7 Å². The smallest absolute Gasteiger partial charge is 0.0957 e. The number of aliphatic hydroxyl groups excluding tert-OH is 1. The monoisotopic (exact) mass is 223 g/mol. The average Bonchev–Trinajstić information content (AvgIpc) is 2.30. The minimum Gasteiger partial charge on any atom is -0.393 e. The summed E-state index contributed by atoms with van der Waals surface area (Å²) in [6, 6.07) is 4.27. The van der Waals surface area contributed by atoms with Gasteiger partial charge in [0.15, 0.2) is 0 Å². The number of pyridine rings is 1. The van der Waals surface area contributed by atoms with E-state index in [4.69, 9.17) is 0 Å². The summed E-state index contributed by atoms with van der Waals surface area (Å²) in [5.74, 6) is 0.608. The van der Waals surface area contributed by atoms with Gasteiger partial charge in [-0.3, -0.25) is 0 Å². The second-order valence-electron chi connectivity index (χ2n) is 4.14. The van der Waals surface area contributed by atoms with Crippen molar-refractivity contribution in [3.05, 3.63) is 23.9 Å². The second kappa shape index (κ2) is 4.99. The molecule has 1 N–H and O–H groups in total. The standard InChI is InChI=1S/C12H17NOS/c1-15-12-7-4-10(8-13-12)9-2-5-11(14)6-3-9/h4,7-9,11,14H,2-3,5-6H2,1H3. The molecule has 0 unspecified atom stereocenters. The minimum atomic E-state index is -0.0697. The van der Waals surface area contributed by atoms with Crippen LogP contribution < -0.4 is 0 Å². The zero-order chi connectivity index (χ0) is 10.7. The van der Waals surface area contributed by atoms with Crippen LogP contribution in [0.4, 0.5) is 0 Å². The van der Waals surface area contributed by atoms with E-state index >= 15 is 0 Å². The van der Waals surface area contributed by atoms with Crippen molar-refractivity contribution in [2.45, 2.75) is 42.7 Å². The first-order chi connectivity index (χ1) is 7.29. The number of nitrogens with zero attached hydrogens (tertiary/aromatic N) is 1. The van der Waals surface area contributed by atoms with Crippen LogP contribution in [0.5, 0.6) is 0 Å². The first-order valence-corrected chi connectivity index (χ1v) is 6.70. The van der Waals surface area contributed by atoms with Crippen LogP contribution in [-0.2, 0) is 0 Å². The molecule has 1 heterocycles. The van der Waals surface area contributed by atoms with Gasteiger partial charge in [0, 0.05) is 6.20 Å². The number of aromatic nitrogens is 1. The van der Waals surface area contributed by atoms with Crippen molar-refractivity contribution in [2.75, 3.05) is 6.26 Å². The molecule has 1 fully saturated rings. The van der Waals surface area contributed by atoms with Crippen LogP contribution in [0.3, 0.4) is 0 Å². The lowest BCUT2D eigenvalue weighted by molar-refractivity contribution is 0.122. The van der Waals surface area contributed by atoms with Crippen LogP contribution >= 0.6 is 11.8 Å². The molecule has 15 heavy (non-hydrogen) atoms. The van der Waals surface area contributed by atoms with E-state index in [9.17, 15) is 5.11 Å². The van der Waals surface area contributed by atoms with E-state index in [0.29, 0.717) is 5.92 Å². The highest BCUT2D eigenvalue weighted by molar-refractivity contribution is 7.98. The number of thioether (sulfide) groups is 1. The molecule has 2 nitrogen and oxygen atoms in total. The zero-order valence-electron chi connectivity index (χ0n) is 9.02. The third-order valence-electron chi connectivity index (χ3n) is 3.14.